The van der Waals surface area contributed by atoms with E-state index in [1.807, 2.05) is 38.8 Å². The Labute approximate surface area is 198 Å². The number of ether oxygens (including phenoxy) is 1. The first-order valence-corrected chi connectivity index (χ1v) is 11.6. The number of carbonyl (C=O) groups is 2. The lowest BCUT2D eigenvalue weighted by atomic mass is 10.0. The maximum Gasteiger partial charge on any atom is 0.255 e. The summed E-state index contributed by atoms with van der Waals surface area (Å²) in [5, 5.41) is 8.12. The summed E-state index contributed by atoms with van der Waals surface area (Å²) in [6, 6.07) is 6.45. The molecule has 1 aliphatic heterocycles. The highest BCUT2D eigenvalue weighted by molar-refractivity contribution is 5.99. The monoisotopic (exact) mass is 465 g/mol. The third-order valence-corrected chi connectivity index (χ3v) is 6.05. The summed E-state index contributed by atoms with van der Waals surface area (Å²) in [6.07, 6.45) is 3.31. The van der Waals surface area contributed by atoms with E-state index < -0.39 is 6.04 Å². The molecule has 0 bridgehead atoms. The molecular weight excluding hydrogens is 434 g/mol. The Kier molecular flexibility index (Phi) is 6.95. The molecule has 0 saturated carbocycles. The molecule has 1 saturated heterocycles. The zero-order valence-electron chi connectivity index (χ0n) is 20.1. The lowest BCUT2D eigenvalue weighted by Gasteiger charge is -2.37. The van der Waals surface area contributed by atoms with Gasteiger partial charge in [-0.25, -0.2) is 9.97 Å². The molecule has 10 nitrogen and oxygen atoms in total. The van der Waals surface area contributed by atoms with Gasteiger partial charge in [0.25, 0.3) is 5.91 Å². The molecular formula is C24H31N7O3. The number of rotatable bonds is 7. The van der Waals surface area contributed by atoms with Crippen molar-refractivity contribution in [1.29, 1.82) is 0 Å². The Morgan fingerprint density at radius 3 is 2.56 bits per heavy atom. The van der Waals surface area contributed by atoms with Crippen molar-refractivity contribution in [2.45, 2.75) is 26.8 Å². The van der Waals surface area contributed by atoms with Crippen LogP contribution in [0.25, 0.3) is 11.0 Å². The van der Waals surface area contributed by atoms with Crippen LogP contribution in [0.5, 0.6) is 5.75 Å². The first kappa shape index (κ1) is 23.5. The summed E-state index contributed by atoms with van der Waals surface area (Å²) < 4.78 is 7.31. The highest BCUT2D eigenvalue weighted by Gasteiger charge is 2.32. The molecule has 3 heterocycles. The van der Waals surface area contributed by atoms with Crippen LogP contribution in [0.4, 0.5) is 5.82 Å². The first-order valence-electron chi connectivity index (χ1n) is 11.6. The van der Waals surface area contributed by atoms with Crippen LogP contribution < -0.4 is 15.0 Å². The lowest BCUT2D eigenvalue weighted by molar-refractivity contribution is -0.134. The molecule has 0 radical (unpaired) electrons. The van der Waals surface area contributed by atoms with Crippen LogP contribution >= 0.6 is 0 Å². The van der Waals surface area contributed by atoms with E-state index in [2.05, 4.69) is 25.3 Å². The van der Waals surface area contributed by atoms with E-state index in [9.17, 15) is 9.59 Å². The van der Waals surface area contributed by atoms with E-state index in [1.54, 1.807) is 35.4 Å². The summed E-state index contributed by atoms with van der Waals surface area (Å²) >= 11 is 0. The second kappa shape index (κ2) is 10.1. The highest BCUT2D eigenvalue weighted by Crippen LogP contribution is 2.24. The Morgan fingerprint density at radius 2 is 1.85 bits per heavy atom. The van der Waals surface area contributed by atoms with Gasteiger partial charge in [0.2, 0.25) is 5.91 Å². The maximum absolute atomic E-state index is 13.4. The van der Waals surface area contributed by atoms with Crippen molar-refractivity contribution < 1.29 is 14.3 Å². The number of fused-ring (bicyclic) bond motifs is 1. The fourth-order valence-corrected chi connectivity index (χ4v) is 4.21. The molecule has 3 aromatic rings. The Balaban J connectivity index is 1.44. The van der Waals surface area contributed by atoms with Crippen LogP contribution in [-0.2, 0) is 11.8 Å². The molecule has 1 N–H and O–H groups in total. The number of nitrogens with zero attached hydrogens (tertiary/aromatic N) is 6. The minimum absolute atomic E-state index is 0.0642. The van der Waals surface area contributed by atoms with Crippen molar-refractivity contribution in [3.8, 4) is 5.75 Å². The number of aryl methyl sites for hydroxylation is 1. The van der Waals surface area contributed by atoms with Gasteiger partial charge < -0.3 is 19.9 Å². The molecule has 1 atom stereocenters. The Hall–Kier alpha value is -3.69. The minimum atomic E-state index is -0.627. The van der Waals surface area contributed by atoms with Gasteiger partial charge in [0.15, 0.2) is 5.65 Å². The van der Waals surface area contributed by atoms with Crippen molar-refractivity contribution >= 4 is 28.7 Å². The number of aromatic nitrogens is 4. The summed E-state index contributed by atoms with van der Waals surface area (Å²) in [7, 11) is 1.85. The number of amides is 2. The molecule has 180 valence electrons. The predicted octanol–water partition coefficient (Wildman–Crippen LogP) is 1.87. The van der Waals surface area contributed by atoms with E-state index in [1.165, 1.54) is 0 Å². The van der Waals surface area contributed by atoms with Gasteiger partial charge >= 0.3 is 0 Å². The van der Waals surface area contributed by atoms with Crippen LogP contribution in [-0.4, -0.2) is 75.3 Å². The molecule has 1 fully saturated rings. The molecule has 2 aromatic heterocycles. The predicted molar refractivity (Wildman–Crippen MR) is 129 cm³/mol. The van der Waals surface area contributed by atoms with Crippen LogP contribution in [0.3, 0.4) is 0 Å². The SMILES string of the molecule is CCOc1ccccc1C(=O)NC(C(=O)N1CCN(c2ncnc3c2cnn3C)CC1)C(C)C. The Morgan fingerprint density at radius 1 is 1.12 bits per heavy atom. The van der Waals surface area contributed by atoms with Gasteiger partial charge in [0.05, 0.1) is 23.8 Å². The van der Waals surface area contributed by atoms with Crippen LogP contribution in [0.2, 0.25) is 0 Å². The average molecular weight is 466 g/mol. The normalized spacial score (nSPS) is 15.0. The quantitative estimate of drug-likeness (QED) is 0.568. The minimum Gasteiger partial charge on any atom is -0.493 e. The van der Waals surface area contributed by atoms with Crippen LogP contribution in [0.1, 0.15) is 31.1 Å². The number of hydrogen-bond donors (Lipinski definition) is 1. The van der Waals surface area contributed by atoms with E-state index in [0.717, 1.165) is 16.9 Å². The van der Waals surface area contributed by atoms with Crippen LogP contribution in [0, 0.1) is 5.92 Å². The van der Waals surface area contributed by atoms with E-state index in [4.69, 9.17) is 4.74 Å². The number of benzene rings is 1. The molecule has 10 heteroatoms. The maximum atomic E-state index is 13.4. The van der Waals surface area contributed by atoms with E-state index >= 15 is 0 Å². The molecule has 1 aromatic carbocycles. The second-order valence-electron chi connectivity index (χ2n) is 8.64. The average Bonchev–Trinajstić information content (AvgIpc) is 3.23. The van der Waals surface area contributed by atoms with Gasteiger partial charge in [-0.15, -0.1) is 0 Å². The molecule has 0 aliphatic carbocycles. The van der Waals surface area contributed by atoms with Gasteiger partial charge in [0, 0.05) is 33.2 Å². The first-order chi connectivity index (χ1) is 16.4. The van der Waals surface area contributed by atoms with Gasteiger partial charge in [-0.2, -0.15) is 5.10 Å². The second-order valence-corrected chi connectivity index (χ2v) is 8.64. The molecule has 1 aliphatic rings. The van der Waals surface area contributed by atoms with Crippen LogP contribution in [0.15, 0.2) is 36.8 Å². The summed E-state index contributed by atoms with van der Waals surface area (Å²) in [6.45, 7) is 8.56. The van der Waals surface area contributed by atoms with E-state index in [0.29, 0.717) is 44.1 Å². The topological polar surface area (TPSA) is 105 Å². The lowest BCUT2D eigenvalue weighted by Crippen LogP contribution is -2.56. The zero-order valence-corrected chi connectivity index (χ0v) is 20.1. The van der Waals surface area contributed by atoms with Crippen molar-refractivity contribution in [1.82, 2.24) is 30.0 Å². The van der Waals surface area contributed by atoms with Crippen molar-refractivity contribution in [3.63, 3.8) is 0 Å². The number of anilines is 1. The molecule has 2 amide bonds. The van der Waals surface area contributed by atoms with Crippen molar-refractivity contribution in [2.24, 2.45) is 13.0 Å². The smallest absolute Gasteiger partial charge is 0.255 e. The van der Waals surface area contributed by atoms with Gasteiger partial charge in [0.1, 0.15) is 23.9 Å². The summed E-state index contributed by atoms with van der Waals surface area (Å²) in [4.78, 5) is 39.1. The molecule has 0 spiro atoms. The van der Waals surface area contributed by atoms with Gasteiger partial charge in [-0.3, -0.25) is 14.3 Å². The number of carbonyl (C=O) groups excluding carboxylic acids is 2. The van der Waals surface area contributed by atoms with Gasteiger partial charge in [-0.05, 0) is 25.0 Å². The zero-order chi connectivity index (χ0) is 24.2. The van der Waals surface area contributed by atoms with E-state index in [-0.39, 0.29) is 17.7 Å². The summed E-state index contributed by atoms with van der Waals surface area (Å²) in [5.74, 6) is 0.885. The third kappa shape index (κ3) is 4.66. The Bertz CT molecular complexity index is 1170. The number of nitrogens with one attached hydrogen (secondary N) is 1. The molecule has 1 unspecified atom stereocenters. The van der Waals surface area contributed by atoms with Crippen molar-refractivity contribution in [3.05, 3.63) is 42.4 Å². The molecule has 4 rings (SSSR count). The fraction of sp³-hybridized carbons (Fsp3) is 0.458. The van der Waals surface area contributed by atoms with Gasteiger partial charge in [-0.1, -0.05) is 26.0 Å². The standard InChI is InChI=1S/C24H31N7O3/c1-5-34-19-9-7-6-8-17(19)23(32)28-20(16(2)3)24(33)31-12-10-30(11-13-31)22-18-14-27-29(4)21(18)25-15-26-22/h6-9,14-16,20H,5,10-13H2,1-4H3,(H,28,32). The largest absolute Gasteiger partial charge is 0.493 e. The number of hydrogen-bond acceptors (Lipinski definition) is 7. The fourth-order valence-electron chi connectivity index (χ4n) is 4.21. The van der Waals surface area contributed by atoms with Crippen molar-refractivity contribution in [2.75, 3.05) is 37.7 Å². The summed E-state index contributed by atoms with van der Waals surface area (Å²) in [5.41, 5.74) is 1.20. The number of piperazine rings is 1. The third-order valence-electron chi connectivity index (χ3n) is 6.05. The highest BCUT2D eigenvalue weighted by atomic mass is 16.5. The number of para-hydroxylation sites is 1. The molecule has 34 heavy (non-hydrogen) atoms.